The molecule has 1 fully saturated rings. The summed E-state index contributed by atoms with van der Waals surface area (Å²) in [7, 11) is -7.59. The summed E-state index contributed by atoms with van der Waals surface area (Å²) in [6, 6.07) is 4.71. The summed E-state index contributed by atoms with van der Waals surface area (Å²) in [6.45, 7) is 2.37. The maximum absolute atomic E-state index is 12.2. The molecule has 1 unspecified atom stereocenters. The number of hydrogen-bond acceptors (Lipinski definition) is 6. The molecule has 1 aliphatic rings. The van der Waals surface area contributed by atoms with Crippen LogP contribution in [-0.4, -0.2) is 53.8 Å². The van der Waals surface area contributed by atoms with Crippen molar-refractivity contribution in [3.8, 4) is 0 Å². The molecule has 1 amide bonds. The first-order chi connectivity index (χ1) is 12.1. The molecule has 1 atom stereocenters. The molecule has 9 nitrogen and oxygen atoms in total. The SMILES string of the molecule is NC(=O)C1CCCN(CCCNS(=O)(=O)c2ccc(S(N)(=O)=O)cc2)C1. The van der Waals surface area contributed by atoms with Crippen molar-refractivity contribution in [1.82, 2.24) is 9.62 Å². The molecule has 1 aromatic rings. The lowest BCUT2D eigenvalue weighted by atomic mass is 9.97. The topological polar surface area (TPSA) is 153 Å². The van der Waals surface area contributed by atoms with Gasteiger partial charge >= 0.3 is 0 Å². The molecule has 0 aromatic heterocycles. The molecule has 146 valence electrons. The predicted molar refractivity (Wildman–Crippen MR) is 96.0 cm³/mol. The normalized spacial score (nSPS) is 19.3. The highest BCUT2D eigenvalue weighted by molar-refractivity contribution is 7.89. The summed E-state index contributed by atoms with van der Waals surface area (Å²) in [4.78, 5) is 13.2. The van der Waals surface area contributed by atoms with Crippen LogP contribution < -0.4 is 15.6 Å². The summed E-state index contributed by atoms with van der Waals surface area (Å²) in [5.74, 6) is -0.434. The van der Waals surface area contributed by atoms with E-state index in [4.69, 9.17) is 10.9 Å². The highest BCUT2D eigenvalue weighted by Crippen LogP contribution is 2.16. The van der Waals surface area contributed by atoms with Crippen LogP contribution in [0.2, 0.25) is 0 Å². The van der Waals surface area contributed by atoms with Crippen LogP contribution >= 0.6 is 0 Å². The monoisotopic (exact) mass is 404 g/mol. The molecule has 1 aromatic carbocycles. The Bertz CT molecular complexity index is 837. The van der Waals surface area contributed by atoms with Gasteiger partial charge in [0.05, 0.1) is 15.7 Å². The van der Waals surface area contributed by atoms with Crippen LogP contribution in [0.3, 0.4) is 0 Å². The van der Waals surface area contributed by atoms with Gasteiger partial charge in [0, 0.05) is 13.1 Å². The molecular formula is C15H24N4O5S2. The van der Waals surface area contributed by atoms with Crippen LogP contribution in [0.25, 0.3) is 0 Å². The highest BCUT2D eigenvalue weighted by Gasteiger charge is 2.23. The van der Waals surface area contributed by atoms with Gasteiger partial charge in [-0.25, -0.2) is 26.7 Å². The fourth-order valence-corrected chi connectivity index (χ4v) is 4.48. The Morgan fingerprint density at radius 3 is 2.35 bits per heavy atom. The number of benzene rings is 1. The van der Waals surface area contributed by atoms with Gasteiger partial charge in [0.25, 0.3) is 0 Å². The Labute approximate surface area is 153 Å². The van der Waals surface area contributed by atoms with Gasteiger partial charge in [-0.05, 0) is 56.6 Å². The molecule has 5 N–H and O–H groups in total. The number of likely N-dealkylation sites (tertiary alicyclic amines) is 1. The van der Waals surface area contributed by atoms with Crippen molar-refractivity contribution < 1.29 is 21.6 Å². The maximum atomic E-state index is 12.2. The second kappa shape index (κ2) is 8.44. The molecule has 0 radical (unpaired) electrons. The number of hydrogen-bond donors (Lipinski definition) is 3. The minimum absolute atomic E-state index is 0.0309. The Morgan fingerprint density at radius 1 is 1.15 bits per heavy atom. The van der Waals surface area contributed by atoms with E-state index in [9.17, 15) is 21.6 Å². The van der Waals surface area contributed by atoms with Crippen LogP contribution in [0, 0.1) is 5.92 Å². The summed E-state index contributed by atoms with van der Waals surface area (Å²) >= 11 is 0. The number of nitrogens with zero attached hydrogens (tertiary/aromatic N) is 1. The van der Waals surface area contributed by atoms with Crippen molar-refractivity contribution in [1.29, 1.82) is 0 Å². The minimum atomic E-state index is -3.86. The van der Waals surface area contributed by atoms with Crippen molar-refractivity contribution in [2.24, 2.45) is 16.8 Å². The lowest BCUT2D eigenvalue weighted by Crippen LogP contribution is -2.42. The van der Waals surface area contributed by atoms with Crippen LogP contribution in [0.5, 0.6) is 0 Å². The van der Waals surface area contributed by atoms with E-state index in [1.165, 1.54) is 12.1 Å². The molecule has 1 heterocycles. The van der Waals surface area contributed by atoms with Crippen molar-refractivity contribution in [2.45, 2.75) is 29.1 Å². The van der Waals surface area contributed by atoms with Crippen LogP contribution in [-0.2, 0) is 24.8 Å². The van der Waals surface area contributed by atoms with Crippen molar-refractivity contribution >= 4 is 26.0 Å². The van der Waals surface area contributed by atoms with Gasteiger partial charge in [-0.3, -0.25) is 4.79 Å². The Kier molecular flexibility index (Phi) is 6.74. The molecule has 0 spiro atoms. The summed E-state index contributed by atoms with van der Waals surface area (Å²) in [6.07, 6.45) is 2.28. The predicted octanol–water partition coefficient (Wildman–Crippen LogP) is -0.800. The Morgan fingerprint density at radius 2 is 1.77 bits per heavy atom. The number of carbonyl (C=O) groups excluding carboxylic acids is 1. The summed E-state index contributed by atoms with van der Waals surface area (Å²) in [5, 5.41) is 4.99. The quantitative estimate of drug-likeness (QED) is 0.482. The number of amides is 1. The van der Waals surface area contributed by atoms with Gasteiger partial charge in [0.2, 0.25) is 26.0 Å². The highest BCUT2D eigenvalue weighted by atomic mass is 32.2. The standard InChI is InChI=1S/C15H24N4O5S2/c16-15(20)12-3-1-9-19(11-12)10-2-8-18-26(23,24)14-6-4-13(5-7-14)25(17,21)22/h4-7,12,18H,1-3,8-11H2,(H2,16,20)(H2,17,21,22). The Hall–Kier alpha value is -1.53. The molecule has 1 aliphatic heterocycles. The first-order valence-electron chi connectivity index (χ1n) is 8.24. The fourth-order valence-electron chi connectivity index (χ4n) is 2.89. The van der Waals surface area contributed by atoms with E-state index in [0.29, 0.717) is 19.5 Å². The van der Waals surface area contributed by atoms with Crippen molar-refractivity contribution in [2.75, 3.05) is 26.2 Å². The number of sulfonamides is 2. The number of carbonyl (C=O) groups is 1. The number of primary sulfonamides is 1. The zero-order chi connectivity index (χ0) is 19.4. The summed E-state index contributed by atoms with van der Waals surface area (Å²) in [5.41, 5.74) is 5.34. The van der Waals surface area contributed by atoms with Gasteiger partial charge in [0.15, 0.2) is 0 Å². The average molecular weight is 405 g/mol. The first-order valence-corrected chi connectivity index (χ1v) is 11.3. The lowest BCUT2D eigenvalue weighted by molar-refractivity contribution is -0.123. The van der Waals surface area contributed by atoms with Crippen LogP contribution in [0.1, 0.15) is 19.3 Å². The maximum Gasteiger partial charge on any atom is 0.240 e. The van der Waals surface area contributed by atoms with E-state index in [-0.39, 0.29) is 28.2 Å². The number of primary amides is 1. The van der Waals surface area contributed by atoms with Gasteiger partial charge in [-0.2, -0.15) is 0 Å². The van der Waals surface area contributed by atoms with E-state index >= 15 is 0 Å². The average Bonchev–Trinajstić information content (AvgIpc) is 2.58. The largest absolute Gasteiger partial charge is 0.369 e. The number of rotatable bonds is 8. The van der Waals surface area contributed by atoms with E-state index in [0.717, 1.165) is 31.5 Å². The third-order valence-electron chi connectivity index (χ3n) is 4.31. The molecule has 11 heteroatoms. The number of piperidine rings is 1. The first kappa shape index (κ1) is 20.8. The molecule has 1 saturated heterocycles. The smallest absolute Gasteiger partial charge is 0.240 e. The van der Waals surface area contributed by atoms with E-state index in [1.807, 2.05) is 0 Å². The van der Waals surface area contributed by atoms with Gasteiger partial charge < -0.3 is 10.6 Å². The zero-order valence-corrected chi connectivity index (χ0v) is 15.9. The molecule has 26 heavy (non-hydrogen) atoms. The fraction of sp³-hybridized carbons (Fsp3) is 0.533. The van der Waals surface area contributed by atoms with E-state index < -0.39 is 20.0 Å². The minimum Gasteiger partial charge on any atom is -0.369 e. The third kappa shape index (κ3) is 5.74. The molecular weight excluding hydrogens is 380 g/mol. The Balaban J connectivity index is 1.84. The second-order valence-corrected chi connectivity index (χ2v) is 9.64. The van der Waals surface area contributed by atoms with Gasteiger partial charge in [0.1, 0.15) is 0 Å². The second-order valence-electron chi connectivity index (χ2n) is 6.31. The number of nitrogens with one attached hydrogen (secondary N) is 1. The van der Waals surface area contributed by atoms with Gasteiger partial charge in [-0.15, -0.1) is 0 Å². The molecule has 2 rings (SSSR count). The third-order valence-corrected chi connectivity index (χ3v) is 6.72. The zero-order valence-electron chi connectivity index (χ0n) is 14.3. The van der Waals surface area contributed by atoms with Crippen LogP contribution in [0.15, 0.2) is 34.1 Å². The van der Waals surface area contributed by atoms with Gasteiger partial charge in [-0.1, -0.05) is 0 Å². The van der Waals surface area contributed by atoms with E-state index in [2.05, 4.69) is 9.62 Å². The van der Waals surface area contributed by atoms with Crippen molar-refractivity contribution in [3.05, 3.63) is 24.3 Å². The van der Waals surface area contributed by atoms with Crippen molar-refractivity contribution in [3.63, 3.8) is 0 Å². The molecule has 0 saturated carbocycles. The number of nitrogens with two attached hydrogens (primary N) is 2. The molecule has 0 bridgehead atoms. The summed E-state index contributed by atoms with van der Waals surface area (Å²) < 4.78 is 49.3. The van der Waals surface area contributed by atoms with E-state index in [1.54, 1.807) is 0 Å². The van der Waals surface area contributed by atoms with Crippen LogP contribution in [0.4, 0.5) is 0 Å². The lowest BCUT2D eigenvalue weighted by Gasteiger charge is -2.31. The molecule has 0 aliphatic carbocycles.